The van der Waals surface area contributed by atoms with Crippen LogP contribution in [0.4, 0.5) is 0 Å². The minimum absolute atomic E-state index is 0.0640. The number of hydrogen-bond acceptors (Lipinski definition) is 7. The molecule has 6 rings (SSSR count). The third-order valence-electron chi connectivity index (χ3n) is 10.1. The van der Waals surface area contributed by atoms with Crippen LogP contribution in [0.1, 0.15) is 70.5 Å². The monoisotopic (exact) mass is 605 g/mol. The Kier molecular flexibility index (Phi) is 8.66. The molecule has 1 aromatic carbocycles. The van der Waals surface area contributed by atoms with Crippen molar-refractivity contribution in [2.75, 3.05) is 13.2 Å². The second-order valence-electron chi connectivity index (χ2n) is 12.9. The Balaban J connectivity index is 1.43. The number of nitrogens with zero attached hydrogens (tertiary/aromatic N) is 2. The number of fused-ring (bicyclic) bond motifs is 2. The second kappa shape index (κ2) is 12.5. The maximum Gasteiger partial charge on any atom is 0.313 e. The molecule has 236 valence electrons. The summed E-state index contributed by atoms with van der Waals surface area (Å²) in [6, 6.07) is 7.06. The van der Waals surface area contributed by atoms with Crippen molar-refractivity contribution in [3.05, 3.63) is 60.2 Å². The highest BCUT2D eigenvalue weighted by Gasteiger charge is 2.72. The fourth-order valence-corrected chi connectivity index (χ4v) is 7.94. The van der Waals surface area contributed by atoms with Crippen LogP contribution in [0, 0.1) is 11.8 Å². The number of aliphatic hydroxyl groups excluding tert-OH is 1. The van der Waals surface area contributed by atoms with E-state index in [0.29, 0.717) is 18.5 Å². The van der Waals surface area contributed by atoms with Gasteiger partial charge >= 0.3 is 5.97 Å². The maximum atomic E-state index is 14.5. The van der Waals surface area contributed by atoms with E-state index in [1.54, 1.807) is 26.0 Å². The van der Waals surface area contributed by atoms with Crippen molar-refractivity contribution in [1.29, 1.82) is 0 Å². The van der Waals surface area contributed by atoms with Gasteiger partial charge < -0.3 is 29.7 Å². The topological polar surface area (TPSA) is 125 Å². The van der Waals surface area contributed by atoms with E-state index in [2.05, 4.69) is 5.32 Å². The lowest BCUT2D eigenvalue weighted by Crippen LogP contribution is -2.59. The summed E-state index contributed by atoms with van der Waals surface area (Å²) in [5.74, 6) is -3.47. The number of carbonyl (C=O) groups is 4. The van der Waals surface area contributed by atoms with Gasteiger partial charge in [-0.05, 0) is 38.7 Å². The number of amides is 3. The van der Waals surface area contributed by atoms with Crippen LogP contribution in [0.25, 0.3) is 0 Å². The Morgan fingerprint density at radius 1 is 1.05 bits per heavy atom. The molecule has 8 atom stereocenters. The molecule has 1 saturated carbocycles. The summed E-state index contributed by atoms with van der Waals surface area (Å²) >= 11 is 0. The number of carbonyl (C=O) groups excluding carboxylic acids is 4. The lowest BCUT2D eigenvalue weighted by molar-refractivity contribution is -0.162. The van der Waals surface area contributed by atoms with Gasteiger partial charge in [0, 0.05) is 19.0 Å². The smallest absolute Gasteiger partial charge is 0.313 e. The van der Waals surface area contributed by atoms with Crippen molar-refractivity contribution >= 4 is 23.7 Å². The summed E-state index contributed by atoms with van der Waals surface area (Å²) in [7, 11) is 0. The van der Waals surface area contributed by atoms with Crippen LogP contribution in [0.5, 0.6) is 0 Å². The molecule has 2 saturated heterocycles. The first kappa shape index (κ1) is 30.5. The quantitative estimate of drug-likeness (QED) is 0.400. The van der Waals surface area contributed by atoms with Crippen LogP contribution in [0.2, 0.25) is 0 Å². The minimum Gasteiger partial charge on any atom is -0.455 e. The molecule has 44 heavy (non-hydrogen) atoms. The van der Waals surface area contributed by atoms with Crippen LogP contribution in [0.15, 0.2) is 54.6 Å². The SMILES string of the molecule is C[C@@H]1NC(=O)CC/C=C\[C@@H]2O[C@@]34C=CCN(C5CCCCC5)C(=O)[C@@H]3N([C@H](C)CO)C(=O)[C@H]4[C@@H]2C(=O)O[C@H]1c1ccccc1. The molecule has 10 nitrogen and oxygen atoms in total. The Morgan fingerprint density at radius 2 is 1.80 bits per heavy atom. The lowest BCUT2D eigenvalue weighted by Gasteiger charge is -2.40. The van der Waals surface area contributed by atoms with E-state index < -0.39 is 59.6 Å². The molecule has 1 aliphatic carbocycles. The van der Waals surface area contributed by atoms with Crippen LogP contribution in [-0.2, 0) is 28.7 Å². The number of allylic oxidation sites excluding steroid dienone is 1. The fourth-order valence-electron chi connectivity index (χ4n) is 7.94. The highest BCUT2D eigenvalue weighted by atomic mass is 16.6. The van der Waals surface area contributed by atoms with Crippen molar-refractivity contribution in [2.24, 2.45) is 11.8 Å². The van der Waals surface area contributed by atoms with Crippen molar-refractivity contribution < 1.29 is 33.8 Å². The van der Waals surface area contributed by atoms with Gasteiger partial charge in [-0.2, -0.15) is 0 Å². The van der Waals surface area contributed by atoms with Gasteiger partial charge in [0.05, 0.1) is 30.7 Å². The number of nitrogens with one attached hydrogen (secondary N) is 1. The van der Waals surface area contributed by atoms with E-state index in [4.69, 9.17) is 9.47 Å². The van der Waals surface area contributed by atoms with E-state index in [-0.39, 0.29) is 30.9 Å². The molecule has 3 fully saturated rings. The number of ether oxygens (including phenoxy) is 2. The van der Waals surface area contributed by atoms with Crippen LogP contribution in [-0.4, -0.2) is 87.6 Å². The van der Waals surface area contributed by atoms with Crippen molar-refractivity contribution in [3.63, 3.8) is 0 Å². The summed E-state index contributed by atoms with van der Waals surface area (Å²) in [6.07, 6.45) is 11.3. The second-order valence-corrected chi connectivity index (χ2v) is 12.9. The van der Waals surface area contributed by atoms with E-state index in [0.717, 1.165) is 32.1 Å². The van der Waals surface area contributed by atoms with Gasteiger partial charge in [-0.1, -0.05) is 73.9 Å². The molecule has 0 radical (unpaired) electrons. The van der Waals surface area contributed by atoms with Gasteiger partial charge in [-0.15, -0.1) is 0 Å². The molecule has 0 bridgehead atoms. The van der Waals surface area contributed by atoms with Gasteiger partial charge in [0.2, 0.25) is 17.7 Å². The maximum absolute atomic E-state index is 14.5. The van der Waals surface area contributed by atoms with E-state index in [1.165, 1.54) is 4.90 Å². The normalized spacial score (nSPS) is 36.2. The Morgan fingerprint density at radius 3 is 2.52 bits per heavy atom. The zero-order valence-electron chi connectivity index (χ0n) is 25.5. The fraction of sp³-hybridized carbons (Fsp3) is 0.588. The van der Waals surface area contributed by atoms with E-state index in [1.807, 2.05) is 47.4 Å². The van der Waals surface area contributed by atoms with Crippen LogP contribution < -0.4 is 5.32 Å². The predicted molar refractivity (Wildman–Crippen MR) is 161 cm³/mol. The number of esters is 1. The first-order chi connectivity index (χ1) is 21.3. The molecule has 2 N–H and O–H groups in total. The summed E-state index contributed by atoms with van der Waals surface area (Å²) in [4.78, 5) is 59.4. The first-order valence-corrected chi connectivity index (χ1v) is 16.1. The van der Waals surface area contributed by atoms with Crippen LogP contribution >= 0.6 is 0 Å². The van der Waals surface area contributed by atoms with Gasteiger partial charge in [0.15, 0.2) is 0 Å². The number of benzene rings is 1. The molecule has 0 unspecified atom stereocenters. The number of cyclic esters (lactones) is 1. The Labute approximate surface area is 258 Å². The molecule has 10 heteroatoms. The first-order valence-electron chi connectivity index (χ1n) is 16.1. The molecule has 3 amide bonds. The summed E-state index contributed by atoms with van der Waals surface area (Å²) in [6.45, 7) is 3.57. The highest BCUT2D eigenvalue weighted by molar-refractivity contribution is 5.99. The average molecular weight is 606 g/mol. The highest BCUT2D eigenvalue weighted by Crippen LogP contribution is 2.54. The lowest BCUT2D eigenvalue weighted by atomic mass is 9.77. The summed E-state index contributed by atoms with van der Waals surface area (Å²) in [5.41, 5.74) is -0.702. The molecule has 0 aromatic heterocycles. The number of rotatable bonds is 4. The zero-order chi connectivity index (χ0) is 31.0. The van der Waals surface area contributed by atoms with Crippen molar-refractivity contribution in [1.82, 2.24) is 15.1 Å². The minimum atomic E-state index is -1.41. The molecule has 1 spiro atoms. The molecule has 1 aromatic rings. The summed E-state index contributed by atoms with van der Waals surface area (Å²) in [5, 5.41) is 13.2. The number of aliphatic hydroxyl groups is 1. The molecule has 5 aliphatic rings. The Bertz CT molecular complexity index is 1330. The van der Waals surface area contributed by atoms with Gasteiger partial charge in [-0.3, -0.25) is 19.2 Å². The summed E-state index contributed by atoms with van der Waals surface area (Å²) < 4.78 is 13.0. The van der Waals surface area contributed by atoms with E-state index in [9.17, 15) is 24.3 Å². The van der Waals surface area contributed by atoms with Gasteiger partial charge in [0.1, 0.15) is 23.7 Å². The zero-order valence-corrected chi connectivity index (χ0v) is 25.5. The van der Waals surface area contributed by atoms with Gasteiger partial charge in [-0.25, -0.2) is 0 Å². The Hall–Kier alpha value is -3.50. The van der Waals surface area contributed by atoms with Crippen molar-refractivity contribution in [3.8, 4) is 0 Å². The van der Waals surface area contributed by atoms with Crippen molar-refractivity contribution in [2.45, 2.75) is 101 Å². The average Bonchev–Trinajstić information content (AvgIpc) is 3.42. The number of hydrogen-bond donors (Lipinski definition) is 2. The van der Waals surface area contributed by atoms with Gasteiger partial charge in [0.25, 0.3) is 0 Å². The standard InChI is InChI=1S/C34H43N3O7/c1-21(20-38)37-30-32(41)36(24-14-7-4-8-15-24)19-11-18-34(30)28(31(37)40)27-25(44-34)16-9-10-17-26(39)35-22(2)29(43-33(27)42)23-12-5-3-6-13-23/h3,5-6,9,11-13,16,18,21-22,24-25,27-30,38H,4,7-8,10,14-15,17,19-20H2,1-2H3,(H,35,39)/b16-9-/t21-,22+,25+,27-,28-,29-,30+,34-/m1/s1. The third-order valence-corrected chi connectivity index (χ3v) is 10.1. The van der Waals surface area contributed by atoms with E-state index >= 15 is 0 Å². The molecular weight excluding hydrogens is 562 g/mol. The largest absolute Gasteiger partial charge is 0.455 e. The molecule has 4 aliphatic heterocycles. The third kappa shape index (κ3) is 5.26. The van der Waals surface area contributed by atoms with Crippen LogP contribution in [0.3, 0.4) is 0 Å². The molecule has 4 heterocycles. The molecular formula is C34H43N3O7. The number of likely N-dealkylation sites (tertiary alicyclic amines) is 1. The predicted octanol–water partition coefficient (Wildman–Crippen LogP) is 2.82.